The molecule has 0 unspecified atom stereocenters. The van der Waals surface area contributed by atoms with Crippen molar-refractivity contribution in [1.29, 1.82) is 0 Å². The maximum absolute atomic E-state index is 12.1. The molecule has 0 saturated carbocycles. The number of halogens is 1. The van der Waals surface area contributed by atoms with Crippen molar-refractivity contribution in [1.82, 2.24) is 25.0 Å². The number of aryl methyl sites for hydroxylation is 1. The van der Waals surface area contributed by atoms with Crippen LogP contribution in [0.2, 0.25) is 0 Å². The van der Waals surface area contributed by atoms with E-state index in [1.165, 1.54) is 5.69 Å². The molecule has 5 rings (SSSR count). The summed E-state index contributed by atoms with van der Waals surface area (Å²) in [6, 6.07) is 12.4. The Labute approximate surface area is 162 Å². The summed E-state index contributed by atoms with van der Waals surface area (Å²) in [5.74, 6) is 0.431. The van der Waals surface area contributed by atoms with Crippen LogP contribution in [-0.4, -0.2) is 51.2 Å². The Morgan fingerprint density at radius 2 is 2.11 bits per heavy atom. The van der Waals surface area contributed by atoms with Crippen molar-refractivity contribution in [3.8, 4) is 11.3 Å². The predicted octanol–water partition coefficient (Wildman–Crippen LogP) is 3.00. The van der Waals surface area contributed by atoms with Crippen LogP contribution < -0.4 is 5.32 Å². The summed E-state index contributed by atoms with van der Waals surface area (Å²) >= 11 is 5.65. The number of likely N-dealkylation sites (tertiary alicyclic amines) is 1. The minimum Gasteiger partial charge on any atom is -0.337 e. The van der Waals surface area contributed by atoms with Crippen LogP contribution >= 0.6 is 11.6 Å². The molecule has 4 heterocycles. The highest BCUT2D eigenvalue weighted by Crippen LogP contribution is 2.43. The molecule has 0 aliphatic carbocycles. The number of nitrogens with zero attached hydrogens (tertiary/aromatic N) is 4. The number of benzene rings is 1. The van der Waals surface area contributed by atoms with Crippen LogP contribution in [-0.2, 0) is 12.0 Å². The molecular weight excluding hydrogens is 362 g/mol. The number of hydrogen-bond acceptors (Lipinski definition) is 3. The molecule has 1 N–H and O–H groups in total. The van der Waals surface area contributed by atoms with Gasteiger partial charge in [-0.3, -0.25) is 9.67 Å². The van der Waals surface area contributed by atoms with E-state index in [1.807, 2.05) is 29.3 Å². The summed E-state index contributed by atoms with van der Waals surface area (Å²) in [7, 11) is 0. The number of para-hydroxylation sites is 1. The van der Waals surface area contributed by atoms with Gasteiger partial charge in [0.05, 0.1) is 11.2 Å². The van der Waals surface area contributed by atoms with Gasteiger partial charge in [0.25, 0.3) is 0 Å². The predicted molar refractivity (Wildman–Crippen MR) is 105 cm³/mol. The molecule has 3 aromatic rings. The van der Waals surface area contributed by atoms with Gasteiger partial charge in [0.2, 0.25) is 0 Å². The molecule has 1 aromatic carbocycles. The van der Waals surface area contributed by atoms with Crippen molar-refractivity contribution >= 4 is 28.5 Å². The lowest BCUT2D eigenvalue weighted by molar-refractivity contribution is 0.0926. The van der Waals surface area contributed by atoms with Crippen molar-refractivity contribution in [2.24, 2.45) is 0 Å². The zero-order valence-corrected chi connectivity index (χ0v) is 15.6. The molecule has 2 aliphatic heterocycles. The third-order valence-electron chi connectivity index (χ3n) is 5.66. The van der Waals surface area contributed by atoms with Gasteiger partial charge in [-0.15, -0.1) is 11.6 Å². The number of urea groups is 1. The van der Waals surface area contributed by atoms with E-state index in [4.69, 9.17) is 16.7 Å². The molecule has 0 bridgehead atoms. The fourth-order valence-corrected chi connectivity index (χ4v) is 4.32. The molecule has 0 atom stereocenters. The molecule has 2 amide bonds. The van der Waals surface area contributed by atoms with Crippen molar-refractivity contribution in [3.63, 3.8) is 0 Å². The van der Waals surface area contributed by atoms with Crippen LogP contribution in [0, 0.1) is 0 Å². The first kappa shape index (κ1) is 16.6. The number of nitrogens with one attached hydrogen (secondary N) is 1. The molecule has 1 spiro atoms. The SMILES string of the molecule is O=C(NCCCl)N1CC2(CCn3nc(-c4cnc5ccccc5c4)cc32)C1. The first-order chi connectivity index (χ1) is 13.2. The maximum Gasteiger partial charge on any atom is 0.317 e. The van der Waals surface area contributed by atoms with Crippen LogP contribution in [0.3, 0.4) is 0 Å². The Bertz CT molecular complexity index is 1020. The van der Waals surface area contributed by atoms with Gasteiger partial charge in [0.15, 0.2) is 0 Å². The Kier molecular flexibility index (Phi) is 3.82. The minimum absolute atomic E-state index is 0.0295. The number of fused-ring (bicyclic) bond motifs is 3. The average Bonchev–Trinajstić information content (AvgIpc) is 3.23. The van der Waals surface area contributed by atoms with E-state index in [9.17, 15) is 4.79 Å². The van der Waals surface area contributed by atoms with Gasteiger partial charge in [0, 0.05) is 60.3 Å². The lowest BCUT2D eigenvalue weighted by Crippen LogP contribution is -2.62. The first-order valence-corrected chi connectivity index (χ1v) is 9.74. The summed E-state index contributed by atoms with van der Waals surface area (Å²) in [6.07, 6.45) is 2.92. The number of amides is 2. The van der Waals surface area contributed by atoms with E-state index >= 15 is 0 Å². The molecule has 0 radical (unpaired) electrons. The van der Waals surface area contributed by atoms with Gasteiger partial charge >= 0.3 is 6.03 Å². The Morgan fingerprint density at radius 1 is 1.26 bits per heavy atom. The molecule has 27 heavy (non-hydrogen) atoms. The lowest BCUT2D eigenvalue weighted by Gasteiger charge is -2.47. The van der Waals surface area contributed by atoms with Crippen molar-refractivity contribution in [2.75, 3.05) is 25.5 Å². The number of carbonyl (C=O) groups excluding carboxylic acids is 1. The first-order valence-electron chi connectivity index (χ1n) is 9.21. The molecule has 2 aromatic heterocycles. The minimum atomic E-state index is -0.0295. The third-order valence-corrected chi connectivity index (χ3v) is 5.85. The van der Waals surface area contributed by atoms with Crippen molar-refractivity contribution in [2.45, 2.75) is 18.4 Å². The molecule has 7 heteroatoms. The quantitative estimate of drug-likeness (QED) is 0.709. The van der Waals surface area contributed by atoms with Crippen molar-refractivity contribution < 1.29 is 4.79 Å². The van der Waals surface area contributed by atoms with Gasteiger partial charge in [0.1, 0.15) is 0 Å². The lowest BCUT2D eigenvalue weighted by atomic mass is 9.76. The van der Waals surface area contributed by atoms with Gasteiger partial charge in [-0.2, -0.15) is 5.10 Å². The van der Waals surface area contributed by atoms with Crippen LogP contribution in [0.15, 0.2) is 42.6 Å². The number of aromatic nitrogens is 3. The average molecular weight is 382 g/mol. The smallest absolute Gasteiger partial charge is 0.317 e. The van der Waals surface area contributed by atoms with Crippen LogP contribution in [0.1, 0.15) is 12.1 Å². The topological polar surface area (TPSA) is 63.1 Å². The van der Waals surface area contributed by atoms with Crippen LogP contribution in [0.25, 0.3) is 22.2 Å². The third kappa shape index (κ3) is 2.67. The standard InChI is InChI=1S/C20H20ClN5O/c21-6-7-22-19(27)25-12-20(13-25)5-8-26-18(20)10-17(24-26)15-9-14-3-1-2-4-16(14)23-11-15/h1-4,9-11H,5-8,12-13H2,(H,22,27). The summed E-state index contributed by atoms with van der Waals surface area (Å²) in [5.41, 5.74) is 4.23. The largest absolute Gasteiger partial charge is 0.337 e. The monoisotopic (exact) mass is 381 g/mol. The highest BCUT2D eigenvalue weighted by Gasteiger charge is 2.51. The number of alkyl halides is 1. The molecular formula is C20H20ClN5O. The summed E-state index contributed by atoms with van der Waals surface area (Å²) in [4.78, 5) is 18.5. The normalized spacial score (nSPS) is 17.1. The number of pyridine rings is 1. The Balaban J connectivity index is 1.39. The summed E-state index contributed by atoms with van der Waals surface area (Å²) in [5, 5.41) is 8.76. The molecule has 1 saturated heterocycles. The second-order valence-electron chi connectivity index (χ2n) is 7.36. The fraction of sp³-hybridized carbons (Fsp3) is 0.350. The molecule has 6 nitrogen and oxygen atoms in total. The van der Waals surface area contributed by atoms with Gasteiger partial charge in [-0.25, -0.2) is 4.79 Å². The highest BCUT2D eigenvalue weighted by atomic mass is 35.5. The number of carbonyl (C=O) groups is 1. The Hall–Kier alpha value is -2.60. The van der Waals surface area contributed by atoms with E-state index in [0.717, 1.165) is 48.2 Å². The number of hydrogen-bond donors (Lipinski definition) is 1. The molecule has 2 aliphatic rings. The summed E-state index contributed by atoms with van der Waals surface area (Å²) in [6.45, 7) is 2.87. The molecule has 1 fully saturated rings. The second kappa shape index (κ2) is 6.23. The van der Waals surface area contributed by atoms with Gasteiger partial charge in [-0.1, -0.05) is 18.2 Å². The van der Waals surface area contributed by atoms with E-state index in [2.05, 4.69) is 33.2 Å². The zero-order valence-electron chi connectivity index (χ0n) is 14.9. The maximum atomic E-state index is 12.1. The summed E-state index contributed by atoms with van der Waals surface area (Å²) < 4.78 is 2.10. The van der Waals surface area contributed by atoms with E-state index in [0.29, 0.717) is 12.4 Å². The Morgan fingerprint density at radius 3 is 2.96 bits per heavy atom. The second-order valence-corrected chi connectivity index (χ2v) is 7.74. The molecule has 138 valence electrons. The van der Waals surface area contributed by atoms with E-state index in [1.54, 1.807) is 0 Å². The van der Waals surface area contributed by atoms with Gasteiger partial charge < -0.3 is 10.2 Å². The highest BCUT2D eigenvalue weighted by molar-refractivity contribution is 6.18. The van der Waals surface area contributed by atoms with Crippen LogP contribution in [0.4, 0.5) is 4.79 Å². The fourth-order valence-electron chi connectivity index (χ4n) is 4.23. The van der Waals surface area contributed by atoms with E-state index in [-0.39, 0.29) is 11.4 Å². The van der Waals surface area contributed by atoms with Crippen LogP contribution in [0.5, 0.6) is 0 Å². The van der Waals surface area contributed by atoms with E-state index < -0.39 is 0 Å². The van der Waals surface area contributed by atoms with Crippen molar-refractivity contribution in [3.05, 3.63) is 48.3 Å². The zero-order chi connectivity index (χ0) is 18.4. The van der Waals surface area contributed by atoms with Gasteiger partial charge in [-0.05, 0) is 24.6 Å². The number of rotatable bonds is 3.